The molecule has 0 atom stereocenters. The van der Waals surface area contributed by atoms with E-state index < -0.39 is 0 Å². The SMILES string of the molecule is c1ccc(-c2ccc(-c3ccc4c(c3)oc3cccc(-c5nc(-c6ccc7oc8ccccc8c7c6)nc(-c6cc7ccccc7c7ccccc67)n5)c34)cc2)cc1. The Hall–Kier alpha value is -7.89. The van der Waals surface area contributed by atoms with Gasteiger partial charge in [0.1, 0.15) is 22.3 Å². The zero-order chi connectivity index (χ0) is 38.2. The quantitative estimate of drug-likeness (QED) is 0.164. The molecule has 9 aromatic carbocycles. The lowest BCUT2D eigenvalue weighted by atomic mass is 9.96. The molecule has 0 saturated carbocycles. The van der Waals surface area contributed by atoms with Crippen LogP contribution in [0, 0.1) is 0 Å². The molecule has 58 heavy (non-hydrogen) atoms. The maximum atomic E-state index is 6.60. The number of benzene rings is 9. The average Bonchev–Trinajstić information content (AvgIpc) is 3.87. The molecule has 0 N–H and O–H groups in total. The van der Waals surface area contributed by atoms with Crippen molar-refractivity contribution in [1.82, 2.24) is 15.0 Å². The molecule has 3 heterocycles. The van der Waals surface area contributed by atoms with Crippen LogP contribution in [0.3, 0.4) is 0 Å². The molecule has 12 aromatic rings. The van der Waals surface area contributed by atoms with E-state index in [0.29, 0.717) is 17.5 Å². The monoisotopic (exact) mass is 741 g/mol. The van der Waals surface area contributed by atoms with Gasteiger partial charge in [-0.25, -0.2) is 15.0 Å². The average molecular weight is 742 g/mol. The predicted molar refractivity (Wildman–Crippen MR) is 237 cm³/mol. The van der Waals surface area contributed by atoms with E-state index in [4.69, 9.17) is 23.8 Å². The summed E-state index contributed by atoms with van der Waals surface area (Å²) in [5, 5.41) is 8.58. The highest BCUT2D eigenvalue weighted by Gasteiger charge is 2.20. The molecule has 5 heteroatoms. The van der Waals surface area contributed by atoms with Gasteiger partial charge in [-0.3, -0.25) is 0 Å². The minimum atomic E-state index is 0.572. The van der Waals surface area contributed by atoms with E-state index >= 15 is 0 Å². The molecule has 0 amide bonds. The minimum Gasteiger partial charge on any atom is -0.456 e. The molecule has 0 aliphatic carbocycles. The highest BCUT2D eigenvalue weighted by Crippen LogP contribution is 2.40. The third-order valence-corrected chi connectivity index (χ3v) is 11.3. The fourth-order valence-electron chi connectivity index (χ4n) is 8.53. The third-order valence-electron chi connectivity index (χ3n) is 11.3. The predicted octanol–water partition coefficient (Wildman–Crippen LogP) is 14.3. The number of furan rings is 2. The van der Waals surface area contributed by atoms with Crippen molar-refractivity contribution in [1.29, 1.82) is 0 Å². The number of hydrogen-bond donors (Lipinski definition) is 0. The molecule has 5 nitrogen and oxygen atoms in total. The molecule has 0 aliphatic heterocycles. The van der Waals surface area contributed by atoms with Crippen LogP contribution < -0.4 is 0 Å². The molecule has 0 spiro atoms. The highest BCUT2D eigenvalue weighted by molar-refractivity contribution is 6.14. The van der Waals surface area contributed by atoms with Crippen molar-refractivity contribution >= 4 is 65.4 Å². The van der Waals surface area contributed by atoms with Crippen molar-refractivity contribution in [2.24, 2.45) is 0 Å². The summed E-state index contributed by atoms with van der Waals surface area (Å²) in [6.45, 7) is 0. The van der Waals surface area contributed by atoms with Gasteiger partial charge in [0, 0.05) is 38.2 Å². The first kappa shape index (κ1) is 32.4. The Balaban J connectivity index is 1.05. The van der Waals surface area contributed by atoms with Gasteiger partial charge in [0.25, 0.3) is 0 Å². The summed E-state index contributed by atoms with van der Waals surface area (Å²) >= 11 is 0. The van der Waals surface area contributed by atoms with Crippen LogP contribution in [0.1, 0.15) is 0 Å². The summed E-state index contributed by atoms with van der Waals surface area (Å²) in [5.41, 5.74) is 10.5. The van der Waals surface area contributed by atoms with Crippen LogP contribution >= 0.6 is 0 Å². The number of nitrogens with zero attached hydrogens (tertiary/aromatic N) is 3. The third kappa shape index (κ3) is 5.21. The second kappa shape index (κ2) is 12.8. The van der Waals surface area contributed by atoms with Crippen LogP contribution in [0.2, 0.25) is 0 Å². The molecule has 3 aromatic heterocycles. The van der Waals surface area contributed by atoms with Crippen LogP contribution in [-0.2, 0) is 0 Å². The Morgan fingerprint density at radius 1 is 0.276 bits per heavy atom. The summed E-state index contributed by atoms with van der Waals surface area (Å²) in [6.07, 6.45) is 0. The van der Waals surface area contributed by atoms with Crippen molar-refractivity contribution in [2.45, 2.75) is 0 Å². The summed E-state index contributed by atoms with van der Waals surface area (Å²) < 4.78 is 12.8. The van der Waals surface area contributed by atoms with Gasteiger partial charge in [0.05, 0.1) is 0 Å². The van der Waals surface area contributed by atoms with E-state index in [9.17, 15) is 0 Å². The Bertz CT molecular complexity index is 3570. The van der Waals surface area contributed by atoms with Gasteiger partial charge in [0.2, 0.25) is 0 Å². The largest absolute Gasteiger partial charge is 0.456 e. The topological polar surface area (TPSA) is 65.0 Å². The van der Waals surface area contributed by atoms with Crippen LogP contribution in [0.5, 0.6) is 0 Å². The molecule has 0 saturated heterocycles. The lowest BCUT2D eigenvalue weighted by Crippen LogP contribution is -2.01. The Labute approximate surface area is 332 Å². The van der Waals surface area contributed by atoms with E-state index in [0.717, 1.165) is 87.9 Å². The maximum absolute atomic E-state index is 6.60. The molecule has 12 rings (SSSR count). The van der Waals surface area contributed by atoms with Gasteiger partial charge < -0.3 is 8.83 Å². The van der Waals surface area contributed by atoms with Gasteiger partial charge in [-0.05, 0) is 92.3 Å². The number of hydrogen-bond acceptors (Lipinski definition) is 5. The number of aromatic nitrogens is 3. The second-order valence-corrected chi connectivity index (χ2v) is 14.7. The molecule has 0 radical (unpaired) electrons. The van der Waals surface area contributed by atoms with Crippen LogP contribution in [0.15, 0.2) is 197 Å². The summed E-state index contributed by atoms with van der Waals surface area (Å²) in [7, 11) is 0. The van der Waals surface area contributed by atoms with Crippen LogP contribution in [0.25, 0.3) is 122 Å². The summed E-state index contributed by atoms with van der Waals surface area (Å²) in [6, 6.07) is 65.2. The minimum absolute atomic E-state index is 0.572. The summed E-state index contributed by atoms with van der Waals surface area (Å²) in [5.74, 6) is 1.75. The highest BCUT2D eigenvalue weighted by atomic mass is 16.3. The van der Waals surface area contributed by atoms with Gasteiger partial charge in [-0.15, -0.1) is 0 Å². The van der Waals surface area contributed by atoms with E-state index in [2.05, 4.69) is 140 Å². The van der Waals surface area contributed by atoms with Gasteiger partial charge >= 0.3 is 0 Å². The van der Waals surface area contributed by atoms with E-state index in [-0.39, 0.29) is 0 Å². The van der Waals surface area contributed by atoms with Crippen LogP contribution in [0.4, 0.5) is 0 Å². The van der Waals surface area contributed by atoms with Crippen LogP contribution in [-0.4, -0.2) is 15.0 Å². The second-order valence-electron chi connectivity index (χ2n) is 14.7. The standard InChI is InChI=1S/C53H31N3O2/c1-2-11-32(12-3-1)33-21-23-34(24-22-33)35-25-27-42-49(31-35)58-48-20-10-18-43(50(42)48)52-54-51(37-26-28-47-44(30-37)41-17-8-9-19-46(41)57-47)55-53(56-52)45-29-36-13-4-5-14-38(36)39-15-6-7-16-40(39)45/h1-31H. The molecule has 0 bridgehead atoms. The van der Waals surface area contributed by atoms with E-state index in [1.807, 2.05) is 48.5 Å². The maximum Gasteiger partial charge on any atom is 0.164 e. The number of para-hydroxylation sites is 1. The zero-order valence-electron chi connectivity index (χ0n) is 31.1. The lowest BCUT2D eigenvalue weighted by molar-refractivity contribution is 0.668. The number of rotatable bonds is 5. The first-order chi connectivity index (χ1) is 28.7. The first-order valence-corrected chi connectivity index (χ1v) is 19.4. The Kier molecular flexibility index (Phi) is 7.16. The normalized spacial score (nSPS) is 11.8. The Morgan fingerprint density at radius 3 is 1.71 bits per heavy atom. The van der Waals surface area contributed by atoms with Gasteiger partial charge in [0.15, 0.2) is 17.5 Å². The fraction of sp³-hybridized carbons (Fsp3) is 0. The van der Waals surface area contributed by atoms with Gasteiger partial charge in [-0.1, -0.05) is 140 Å². The van der Waals surface area contributed by atoms with Crippen molar-refractivity contribution < 1.29 is 8.83 Å². The summed E-state index contributed by atoms with van der Waals surface area (Å²) in [4.78, 5) is 15.8. The fourth-order valence-corrected chi connectivity index (χ4v) is 8.53. The zero-order valence-corrected chi connectivity index (χ0v) is 31.1. The molecule has 0 unspecified atom stereocenters. The van der Waals surface area contributed by atoms with Gasteiger partial charge in [-0.2, -0.15) is 0 Å². The Morgan fingerprint density at radius 2 is 0.862 bits per heavy atom. The van der Waals surface area contributed by atoms with E-state index in [1.54, 1.807) is 0 Å². The smallest absolute Gasteiger partial charge is 0.164 e. The molecule has 270 valence electrons. The van der Waals surface area contributed by atoms with Crippen molar-refractivity contribution in [2.75, 3.05) is 0 Å². The number of fused-ring (bicyclic) bond motifs is 9. The van der Waals surface area contributed by atoms with Crippen molar-refractivity contribution in [3.8, 4) is 56.4 Å². The molecule has 0 aliphatic rings. The van der Waals surface area contributed by atoms with E-state index in [1.165, 1.54) is 16.5 Å². The first-order valence-electron chi connectivity index (χ1n) is 19.4. The molecular formula is C53H31N3O2. The van der Waals surface area contributed by atoms with Crippen molar-refractivity contribution in [3.05, 3.63) is 188 Å². The van der Waals surface area contributed by atoms with Crippen molar-refractivity contribution in [3.63, 3.8) is 0 Å². The molecular weight excluding hydrogens is 711 g/mol. The molecule has 0 fully saturated rings. The lowest BCUT2D eigenvalue weighted by Gasteiger charge is -2.13.